The van der Waals surface area contributed by atoms with Crippen LogP contribution in [-0.4, -0.2) is 146 Å². The highest BCUT2D eigenvalue weighted by atomic mass is 16.4. The van der Waals surface area contributed by atoms with Crippen molar-refractivity contribution >= 4 is 70.2 Å². The molecule has 0 aliphatic rings. The molecule has 3 aromatic carbocycles. The Hall–Kier alpha value is -8.22. The maximum Gasteiger partial charge on any atom is 0.326 e. The minimum absolute atomic E-state index is 0.0226. The molecular formula is C53H70N10O14. The van der Waals surface area contributed by atoms with Crippen LogP contribution in [0.2, 0.25) is 0 Å². The molecule has 7 amide bonds. The number of fused-ring (bicyclic) bond motifs is 1. The molecule has 0 aliphatic carbocycles. The number of aliphatic carboxylic acids is 3. The number of H-pyrrole nitrogens is 1. The van der Waals surface area contributed by atoms with Crippen LogP contribution in [0.25, 0.3) is 10.9 Å². The quantitative estimate of drug-likeness (QED) is 0.0268. The van der Waals surface area contributed by atoms with Crippen molar-refractivity contribution in [2.24, 2.45) is 17.4 Å². The van der Waals surface area contributed by atoms with Gasteiger partial charge in [-0.25, -0.2) is 4.79 Å². The summed E-state index contributed by atoms with van der Waals surface area (Å²) in [6, 6.07) is 11.5. The van der Waals surface area contributed by atoms with Gasteiger partial charge in [0.15, 0.2) is 0 Å². The molecule has 0 fully saturated rings. The Balaban J connectivity index is 1.64. The second kappa shape index (κ2) is 31.0. The van der Waals surface area contributed by atoms with Gasteiger partial charge in [-0.2, -0.15) is 0 Å². The number of hydrogen-bond donors (Lipinski definition) is 14. The smallest absolute Gasteiger partial charge is 0.326 e. The third kappa shape index (κ3) is 20.4. The lowest BCUT2D eigenvalue weighted by Gasteiger charge is -2.27. The molecule has 1 heterocycles. The number of nitrogens with two attached hydrogens (primary N) is 2. The van der Waals surface area contributed by atoms with E-state index in [2.05, 4.69) is 42.2 Å². The summed E-state index contributed by atoms with van der Waals surface area (Å²) in [5.74, 6) is -11.5. The van der Waals surface area contributed by atoms with Gasteiger partial charge in [0.1, 0.15) is 42.3 Å². The van der Waals surface area contributed by atoms with Gasteiger partial charge in [0.05, 0.1) is 19.1 Å². The average molecular weight is 1070 g/mol. The van der Waals surface area contributed by atoms with E-state index in [9.17, 15) is 68.4 Å². The number of nitrogens with one attached hydrogen (secondary N) is 8. The second-order valence-corrected chi connectivity index (χ2v) is 18.9. The molecule has 24 nitrogen and oxygen atoms in total. The lowest BCUT2D eigenvalue weighted by molar-refractivity contribution is -0.144. The number of carboxylic acids is 3. The lowest BCUT2D eigenvalue weighted by atomic mass is 10.0. The fourth-order valence-corrected chi connectivity index (χ4v) is 8.21. The van der Waals surface area contributed by atoms with Crippen molar-refractivity contribution in [3.63, 3.8) is 0 Å². The maximum absolute atomic E-state index is 14.6. The number of benzene rings is 3. The molecule has 0 saturated heterocycles. The summed E-state index contributed by atoms with van der Waals surface area (Å²) in [7, 11) is 0. The van der Waals surface area contributed by atoms with Crippen LogP contribution in [0.3, 0.4) is 0 Å². The van der Waals surface area contributed by atoms with Gasteiger partial charge in [0.25, 0.3) is 0 Å². The largest absolute Gasteiger partial charge is 0.481 e. The number of aromatic amines is 1. The van der Waals surface area contributed by atoms with Crippen LogP contribution in [0.4, 0.5) is 0 Å². The highest BCUT2D eigenvalue weighted by molar-refractivity contribution is 5.99. The van der Waals surface area contributed by atoms with Crippen LogP contribution < -0.4 is 48.7 Å². The van der Waals surface area contributed by atoms with Gasteiger partial charge < -0.3 is 74.1 Å². The fourth-order valence-electron chi connectivity index (χ4n) is 8.21. The summed E-state index contributed by atoms with van der Waals surface area (Å²) in [6.07, 6.45) is 0.150. The van der Waals surface area contributed by atoms with Crippen molar-refractivity contribution in [2.45, 2.75) is 126 Å². The number of para-hydroxylation sites is 1. The van der Waals surface area contributed by atoms with Crippen LogP contribution in [0.15, 0.2) is 91.1 Å². The summed E-state index contributed by atoms with van der Waals surface area (Å²) in [4.78, 5) is 137. The van der Waals surface area contributed by atoms with E-state index in [1.807, 2.05) is 0 Å². The molecule has 0 saturated carbocycles. The molecule has 0 bridgehead atoms. The standard InChI is InChI=1S/C53H70N10O14/c1-30(2)23-42(53(76)77)62-51(74)41(27-45(67)68)61-50(73)40(26-33-28-56-36-19-10-9-17-34(33)36)60-48(71)39(25-32-15-7-4-8-16-32)59-47(70)37(20-21-44(65)66)57-52(75)43(29-64)63-49(72)38(24-31-13-5-3-6-14-31)58-46(69)35(55)18-11-12-22-54/h3-10,13-17,19,28,30,35,37-43,56,64H,11-12,18,20-27,29,54-55H2,1-2H3,(H,57,75)(H,58,69)(H,59,70)(H,60,71)(H,61,73)(H,62,74)(H,63,72)(H,65,66)(H,67,68)(H,76,77)/t35-,37-,38-,39-,40-,41-,42-,43-/m0/s1. The van der Waals surface area contributed by atoms with E-state index in [1.54, 1.807) is 105 Å². The number of rotatable bonds is 33. The van der Waals surface area contributed by atoms with Gasteiger partial charge in [0.2, 0.25) is 41.4 Å². The molecule has 1 aromatic heterocycles. The molecule has 16 N–H and O–H groups in total. The van der Waals surface area contributed by atoms with E-state index >= 15 is 0 Å². The summed E-state index contributed by atoms with van der Waals surface area (Å²) in [6.45, 7) is 2.78. The highest BCUT2D eigenvalue weighted by Gasteiger charge is 2.36. The van der Waals surface area contributed by atoms with E-state index in [-0.39, 0.29) is 38.0 Å². The maximum atomic E-state index is 14.6. The SMILES string of the molecule is CC(C)C[C@H](NC(=O)[C@H](CC(=O)O)NC(=O)[C@H](Cc1c[nH]c2ccccc12)NC(=O)[C@H](Cc1ccccc1)NC(=O)[C@H](CCC(=O)O)NC(=O)[C@H](CO)NC(=O)[C@H](Cc1ccccc1)NC(=O)[C@@H](N)CCCCN)C(=O)O. The number of aliphatic hydroxyl groups excluding tert-OH is 1. The predicted octanol–water partition coefficient (Wildman–Crippen LogP) is -0.492. The number of aromatic nitrogens is 1. The molecule has 416 valence electrons. The zero-order chi connectivity index (χ0) is 56.6. The molecule has 0 spiro atoms. The van der Waals surface area contributed by atoms with Crippen molar-refractivity contribution in [1.29, 1.82) is 0 Å². The molecular weight excluding hydrogens is 1000 g/mol. The van der Waals surface area contributed by atoms with Gasteiger partial charge in [-0.05, 0) is 60.9 Å². The Kier molecular flexibility index (Phi) is 24.7. The third-order valence-corrected chi connectivity index (χ3v) is 12.3. The molecule has 0 aliphatic heterocycles. The molecule has 8 atom stereocenters. The topological polar surface area (TPSA) is 404 Å². The van der Waals surface area contributed by atoms with Crippen LogP contribution >= 0.6 is 0 Å². The van der Waals surface area contributed by atoms with Gasteiger partial charge in [0, 0.05) is 42.8 Å². The third-order valence-electron chi connectivity index (χ3n) is 12.3. The van der Waals surface area contributed by atoms with E-state index < -0.39 is 133 Å². The molecule has 4 rings (SSSR count). The van der Waals surface area contributed by atoms with Crippen LogP contribution in [0.5, 0.6) is 0 Å². The Morgan fingerprint density at radius 3 is 1.49 bits per heavy atom. The summed E-state index contributed by atoms with van der Waals surface area (Å²) >= 11 is 0. The van der Waals surface area contributed by atoms with Gasteiger partial charge in [-0.3, -0.25) is 43.2 Å². The minimum atomic E-state index is -1.83. The van der Waals surface area contributed by atoms with Crippen molar-refractivity contribution in [1.82, 2.24) is 42.2 Å². The Morgan fingerprint density at radius 2 is 0.974 bits per heavy atom. The van der Waals surface area contributed by atoms with E-state index in [0.717, 1.165) is 0 Å². The van der Waals surface area contributed by atoms with Crippen molar-refractivity contribution in [2.75, 3.05) is 13.2 Å². The molecule has 4 aromatic rings. The average Bonchev–Trinajstić information content (AvgIpc) is 3.81. The first-order chi connectivity index (χ1) is 36.7. The summed E-state index contributed by atoms with van der Waals surface area (Å²) in [5.41, 5.74) is 13.9. The number of hydrogen-bond acceptors (Lipinski definition) is 13. The van der Waals surface area contributed by atoms with Crippen molar-refractivity contribution < 1.29 is 68.4 Å². The minimum Gasteiger partial charge on any atom is -0.481 e. The van der Waals surface area contributed by atoms with Crippen LogP contribution in [-0.2, 0) is 67.2 Å². The molecule has 77 heavy (non-hydrogen) atoms. The molecule has 0 unspecified atom stereocenters. The van der Waals surface area contributed by atoms with E-state index in [1.165, 1.54) is 0 Å². The number of amides is 7. The van der Waals surface area contributed by atoms with Crippen molar-refractivity contribution in [3.8, 4) is 0 Å². The lowest BCUT2D eigenvalue weighted by Crippen LogP contribution is -2.61. The normalized spacial score (nSPS) is 14.3. The Morgan fingerprint density at radius 1 is 0.519 bits per heavy atom. The van der Waals surface area contributed by atoms with Crippen LogP contribution in [0, 0.1) is 5.92 Å². The first kappa shape index (κ1) is 61.3. The van der Waals surface area contributed by atoms with E-state index in [4.69, 9.17) is 11.5 Å². The van der Waals surface area contributed by atoms with Gasteiger partial charge >= 0.3 is 17.9 Å². The Labute approximate surface area is 444 Å². The Bertz CT molecular complexity index is 2650. The summed E-state index contributed by atoms with van der Waals surface area (Å²) in [5, 5.41) is 57.4. The number of carboxylic acid groups (broad SMARTS) is 3. The first-order valence-corrected chi connectivity index (χ1v) is 25.2. The zero-order valence-corrected chi connectivity index (χ0v) is 42.9. The van der Waals surface area contributed by atoms with Crippen molar-refractivity contribution in [3.05, 3.63) is 108 Å². The number of carbonyl (C=O) groups is 10. The molecule has 24 heteroatoms. The monoisotopic (exact) mass is 1070 g/mol. The second-order valence-electron chi connectivity index (χ2n) is 18.9. The summed E-state index contributed by atoms with van der Waals surface area (Å²) < 4.78 is 0. The number of unbranched alkanes of at least 4 members (excludes halogenated alkanes) is 1. The number of carbonyl (C=O) groups excluding carboxylic acids is 7. The molecule has 0 radical (unpaired) electrons. The van der Waals surface area contributed by atoms with Crippen LogP contribution in [0.1, 0.15) is 75.5 Å². The van der Waals surface area contributed by atoms with Gasteiger partial charge in [-0.1, -0.05) is 99.1 Å². The fraction of sp³-hybridized carbons (Fsp3) is 0.434. The number of aliphatic hydroxyl groups is 1. The predicted molar refractivity (Wildman–Crippen MR) is 280 cm³/mol. The van der Waals surface area contributed by atoms with E-state index in [0.29, 0.717) is 47.0 Å². The van der Waals surface area contributed by atoms with Gasteiger partial charge in [-0.15, -0.1) is 0 Å². The zero-order valence-electron chi connectivity index (χ0n) is 42.9. The highest BCUT2D eigenvalue weighted by Crippen LogP contribution is 2.20. The first-order valence-electron chi connectivity index (χ1n) is 25.2.